The van der Waals surface area contributed by atoms with Gasteiger partial charge in [0.25, 0.3) is 23.2 Å². The number of amides is 2. The Morgan fingerprint density at radius 2 is 1.13 bits per heavy atom. The second-order valence-corrected chi connectivity index (χ2v) is 6.74. The predicted octanol–water partition coefficient (Wildman–Crippen LogP) is 3.06. The molecule has 0 spiro atoms. The molecule has 2 N–H and O–H groups in total. The number of benzene rings is 2. The van der Waals surface area contributed by atoms with Gasteiger partial charge in [-0.15, -0.1) is 0 Å². The topological polar surface area (TPSA) is 144 Å². The summed E-state index contributed by atoms with van der Waals surface area (Å²) in [6, 6.07) is 8.59. The van der Waals surface area contributed by atoms with Gasteiger partial charge < -0.3 is 10.6 Å². The van der Waals surface area contributed by atoms with E-state index in [1.54, 1.807) is 13.8 Å². The normalized spacial score (nSPS) is 10.3. The van der Waals surface area contributed by atoms with E-state index in [1.165, 1.54) is 36.4 Å². The van der Waals surface area contributed by atoms with Gasteiger partial charge in [0.2, 0.25) is 0 Å². The summed E-state index contributed by atoms with van der Waals surface area (Å²) in [5, 5.41) is 27.3. The second kappa shape index (κ2) is 10.1. The Morgan fingerprint density at radius 1 is 0.767 bits per heavy atom. The molecule has 2 aromatic rings. The van der Waals surface area contributed by atoms with E-state index in [-0.39, 0.29) is 22.5 Å². The SMILES string of the molecule is Cc1ccc(C(=O)NCCCCNC(=O)c2ccc(C)c([N+](=O)[O-])c2)cc1[N+](=O)[O-]. The molecule has 2 aromatic carbocycles. The highest BCUT2D eigenvalue weighted by atomic mass is 16.6. The number of rotatable bonds is 9. The summed E-state index contributed by atoms with van der Waals surface area (Å²) in [5.41, 5.74) is 1.16. The molecule has 10 nitrogen and oxygen atoms in total. The summed E-state index contributed by atoms with van der Waals surface area (Å²) in [6.45, 7) is 3.88. The molecule has 0 aliphatic carbocycles. The lowest BCUT2D eigenvalue weighted by atomic mass is 10.1. The molecule has 10 heteroatoms. The van der Waals surface area contributed by atoms with Gasteiger partial charge in [0.1, 0.15) is 0 Å². The van der Waals surface area contributed by atoms with E-state index in [1.807, 2.05) is 0 Å². The maximum Gasteiger partial charge on any atom is 0.273 e. The van der Waals surface area contributed by atoms with Gasteiger partial charge in [-0.2, -0.15) is 0 Å². The molecule has 0 bridgehead atoms. The van der Waals surface area contributed by atoms with Crippen molar-refractivity contribution in [3.63, 3.8) is 0 Å². The summed E-state index contributed by atoms with van der Waals surface area (Å²) in [4.78, 5) is 45.1. The molecule has 158 valence electrons. The molecule has 30 heavy (non-hydrogen) atoms. The van der Waals surface area contributed by atoms with E-state index in [4.69, 9.17) is 0 Å². The molecule has 2 amide bonds. The minimum absolute atomic E-state index is 0.110. The molecule has 0 aliphatic heterocycles. The predicted molar refractivity (Wildman–Crippen MR) is 110 cm³/mol. The third-order valence-corrected chi connectivity index (χ3v) is 4.51. The first-order valence-electron chi connectivity index (χ1n) is 9.27. The van der Waals surface area contributed by atoms with Crippen LogP contribution in [-0.4, -0.2) is 34.8 Å². The lowest BCUT2D eigenvalue weighted by Gasteiger charge is -2.08. The van der Waals surface area contributed by atoms with Crippen LogP contribution in [0, 0.1) is 34.1 Å². The molecule has 0 radical (unpaired) electrons. The molecule has 0 saturated carbocycles. The highest BCUT2D eigenvalue weighted by Gasteiger charge is 2.16. The van der Waals surface area contributed by atoms with E-state index < -0.39 is 21.7 Å². The van der Waals surface area contributed by atoms with E-state index in [2.05, 4.69) is 10.6 Å². The highest BCUT2D eigenvalue weighted by molar-refractivity contribution is 5.95. The fourth-order valence-corrected chi connectivity index (χ4v) is 2.75. The number of carbonyl (C=O) groups is 2. The number of nitro benzene ring substituents is 2. The van der Waals surface area contributed by atoms with Crippen LogP contribution >= 0.6 is 0 Å². The third kappa shape index (κ3) is 5.84. The zero-order valence-corrected chi connectivity index (χ0v) is 16.6. The number of nitro groups is 2. The lowest BCUT2D eigenvalue weighted by Crippen LogP contribution is -2.27. The van der Waals surface area contributed by atoms with Crippen LogP contribution in [0.15, 0.2) is 36.4 Å². The Morgan fingerprint density at radius 3 is 1.47 bits per heavy atom. The summed E-state index contributed by atoms with van der Waals surface area (Å²) in [5.74, 6) is -0.816. The van der Waals surface area contributed by atoms with Crippen LogP contribution in [0.2, 0.25) is 0 Å². The minimum Gasteiger partial charge on any atom is -0.352 e. The lowest BCUT2D eigenvalue weighted by molar-refractivity contribution is -0.385. The molecule has 0 fully saturated rings. The first-order chi connectivity index (χ1) is 14.2. The number of nitrogens with zero attached hydrogens (tertiary/aromatic N) is 2. The number of hydrogen-bond acceptors (Lipinski definition) is 6. The van der Waals surface area contributed by atoms with E-state index in [9.17, 15) is 29.8 Å². The maximum atomic E-state index is 12.1. The summed E-state index contributed by atoms with van der Waals surface area (Å²) in [7, 11) is 0. The summed E-state index contributed by atoms with van der Waals surface area (Å²) in [6.07, 6.45) is 1.15. The average molecular weight is 414 g/mol. The smallest absolute Gasteiger partial charge is 0.273 e. The van der Waals surface area contributed by atoms with Crippen LogP contribution in [0.4, 0.5) is 11.4 Å². The van der Waals surface area contributed by atoms with Crippen molar-refractivity contribution in [3.8, 4) is 0 Å². The van der Waals surface area contributed by atoms with Crippen molar-refractivity contribution in [1.29, 1.82) is 0 Å². The van der Waals surface area contributed by atoms with Crippen LogP contribution in [-0.2, 0) is 0 Å². The molecule has 0 aromatic heterocycles. The number of carbonyl (C=O) groups excluding carboxylic acids is 2. The largest absolute Gasteiger partial charge is 0.352 e. The molecule has 0 saturated heterocycles. The van der Waals surface area contributed by atoms with E-state index >= 15 is 0 Å². The average Bonchev–Trinajstić information content (AvgIpc) is 2.70. The molecule has 0 heterocycles. The van der Waals surface area contributed by atoms with Crippen molar-refractivity contribution in [3.05, 3.63) is 78.9 Å². The molecule has 0 atom stereocenters. The van der Waals surface area contributed by atoms with Crippen LogP contribution in [0.5, 0.6) is 0 Å². The van der Waals surface area contributed by atoms with Crippen molar-refractivity contribution in [2.75, 3.05) is 13.1 Å². The Bertz CT molecular complexity index is 910. The molecular weight excluding hydrogens is 392 g/mol. The Balaban J connectivity index is 1.76. The van der Waals surface area contributed by atoms with Crippen molar-refractivity contribution < 1.29 is 19.4 Å². The number of nitrogens with one attached hydrogen (secondary N) is 2. The number of hydrogen-bond donors (Lipinski definition) is 2. The fourth-order valence-electron chi connectivity index (χ4n) is 2.75. The quantitative estimate of drug-likeness (QED) is 0.366. The maximum absolute atomic E-state index is 12.1. The summed E-state index contributed by atoms with van der Waals surface area (Å²) >= 11 is 0. The van der Waals surface area contributed by atoms with Crippen LogP contribution in [0.1, 0.15) is 44.7 Å². The second-order valence-electron chi connectivity index (χ2n) is 6.74. The minimum atomic E-state index is -0.530. The van der Waals surface area contributed by atoms with Gasteiger partial charge in [0.15, 0.2) is 0 Å². The standard InChI is InChI=1S/C20H22N4O6/c1-13-5-7-15(11-17(13)23(27)28)19(25)21-9-3-4-10-22-20(26)16-8-6-14(2)18(12-16)24(29)30/h5-8,11-12H,3-4,9-10H2,1-2H3,(H,21,25)(H,22,26). The van der Waals surface area contributed by atoms with Crippen molar-refractivity contribution in [2.24, 2.45) is 0 Å². The van der Waals surface area contributed by atoms with Gasteiger partial charge in [0.05, 0.1) is 9.85 Å². The first kappa shape index (κ1) is 22.5. The van der Waals surface area contributed by atoms with Crippen molar-refractivity contribution >= 4 is 23.2 Å². The van der Waals surface area contributed by atoms with Gasteiger partial charge in [-0.05, 0) is 38.8 Å². The molecule has 2 rings (SSSR count). The molecule has 0 unspecified atom stereocenters. The van der Waals surface area contributed by atoms with E-state index in [0.717, 1.165) is 0 Å². The van der Waals surface area contributed by atoms with Crippen LogP contribution in [0.25, 0.3) is 0 Å². The Labute approximate surface area is 172 Å². The van der Waals surface area contributed by atoms with E-state index in [0.29, 0.717) is 37.1 Å². The molecule has 0 aliphatic rings. The van der Waals surface area contributed by atoms with Crippen molar-refractivity contribution in [1.82, 2.24) is 10.6 Å². The molecular formula is C20H22N4O6. The van der Waals surface area contributed by atoms with Gasteiger partial charge in [-0.1, -0.05) is 12.1 Å². The first-order valence-corrected chi connectivity index (χ1v) is 9.27. The zero-order valence-electron chi connectivity index (χ0n) is 16.6. The van der Waals surface area contributed by atoms with Crippen LogP contribution < -0.4 is 10.6 Å². The van der Waals surface area contributed by atoms with Gasteiger partial charge in [0, 0.05) is 47.5 Å². The van der Waals surface area contributed by atoms with Gasteiger partial charge in [-0.3, -0.25) is 29.8 Å². The van der Waals surface area contributed by atoms with Gasteiger partial charge in [-0.25, -0.2) is 0 Å². The van der Waals surface area contributed by atoms with Crippen molar-refractivity contribution in [2.45, 2.75) is 26.7 Å². The number of unbranched alkanes of at least 4 members (excludes halogenated alkanes) is 1. The van der Waals surface area contributed by atoms with Gasteiger partial charge >= 0.3 is 0 Å². The summed E-state index contributed by atoms with van der Waals surface area (Å²) < 4.78 is 0. The third-order valence-electron chi connectivity index (χ3n) is 4.51. The van der Waals surface area contributed by atoms with Crippen LogP contribution in [0.3, 0.4) is 0 Å². The highest BCUT2D eigenvalue weighted by Crippen LogP contribution is 2.20. The fraction of sp³-hybridized carbons (Fsp3) is 0.300. The number of aryl methyl sites for hydroxylation is 2. The Hall–Kier alpha value is -3.82. The zero-order chi connectivity index (χ0) is 22.3. The Kier molecular flexibility index (Phi) is 7.56. The monoisotopic (exact) mass is 414 g/mol.